The summed E-state index contributed by atoms with van der Waals surface area (Å²) in [4.78, 5) is 24.1. The summed E-state index contributed by atoms with van der Waals surface area (Å²) >= 11 is 0. The van der Waals surface area contributed by atoms with Crippen LogP contribution in [-0.2, 0) is 9.59 Å². The Balaban J connectivity index is 2.78. The minimum atomic E-state index is -2.08. The van der Waals surface area contributed by atoms with E-state index < -0.39 is 29.2 Å². The quantitative estimate of drug-likeness (QED) is 0.717. The Hall–Kier alpha value is -2.81. The second kappa shape index (κ2) is 7.20. The van der Waals surface area contributed by atoms with Crippen LogP contribution in [0.4, 0.5) is 0 Å². The first-order chi connectivity index (χ1) is 12.2. The Morgan fingerprint density at radius 3 is 2.31 bits per heavy atom. The molecule has 1 aromatic carbocycles. The number of fused-ring (bicyclic) bond motifs is 1. The number of aryl methyl sites for hydroxylation is 2. The van der Waals surface area contributed by atoms with Gasteiger partial charge in [0.1, 0.15) is 11.3 Å². The van der Waals surface area contributed by atoms with Crippen molar-refractivity contribution in [2.45, 2.75) is 46.5 Å². The number of hydrogen-bond acceptors (Lipinski definition) is 4. The van der Waals surface area contributed by atoms with E-state index in [-0.39, 0.29) is 6.42 Å². The molecule has 0 saturated heterocycles. The van der Waals surface area contributed by atoms with Gasteiger partial charge in [-0.15, -0.1) is 0 Å². The van der Waals surface area contributed by atoms with Gasteiger partial charge in [0.2, 0.25) is 0 Å². The van der Waals surface area contributed by atoms with Crippen molar-refractivity contribution in [1.29, 1.82) is 5.26 Å². The molecule has 0 radical (unpaired) electrons. The number of benzene rings is 1. The molecule has 1 aromatic heterocycles. The van der Waals surface area contributed by atoms with E-state index in [1.165, 1.54) is 6.92 Å². The fourth-order valence-electron chi connectivity index (χ4n) is 3.70. The van der Waals surface area contributed by atoms with Gasteiger partial charge in [-0.1, -0.05) is 26.0 Å². The maximum atomic E-state index is 12.1. The van der Waals surface area contributed by atoms with E-state index in [1.54, 1.807) is 25.1 Å². The van der Waals surface area contributed by atoms with Gasteiger partial charge < -0.3 is 14.6 Å². The van der Waals surface area contributed by atoms with Gasteiger partial charge in [-0.2, -0.15) is 5.26 Å². The van der Waals surface area contributed by atoms with Crippen molar-refractivity contribution in [2.24, 2.45) is 11.3 Å². The molecule has 0 spiro atoms. The zero-order valence-corrected chi connectivity index (χ0v) is 15.4. The lowest BCUT2D eigenvalue weighted by Crippen LogP contribution is -2.46. The predicted molar refractivity (Wildman–Crippen MR) is 95.8 cm³/mol. The molecule has 0 bridgehead atoms. The number of aliphatic carboxylic acids is 2. The van der Waals surface area contributed by atoms with Crippen molar-refractivity contribution in [2.75, 3.05) is 0 Å². The second-order valence-corrected chi connectivity index (χ2v) is 6.60. The lowest BCUT2D eigenvalue weighted by Gasteiger charge is -2.35. The number of furan rings is 1. The van der Waals surface area contributed by atoms with Gasteiger partial charge in [0, 0.05) is 11.3 Å². The molecule has 2 aromatic rings. The maximum absolute atomic E-state index is 12.1. The molecule has 0 fully saturated rings. The molecular formula is C20H23NO5. The van der Waals surface area contributed by atoms with Crippen LogP contribution in [0, 0.1) is 36.5 Å². The second-order valence-electron chi connectivity index (χ2n) is 6.60. The molecule has 6 heteroatoms. The Kier molecular flexibility index (Phi) is 5.41. The number of carbonyl (C=O) groups is 2. The van der Waals surface area contributed by atoms with Crippen molar-refractivity contribution < 1.29 is 24.2 Å². The third-order valence-corrected chi connectivity index (χ3v) is 5.42. The Labute approximate surface area is 152 Å². The molecule has 2 unspecified atom stereocenters. The lowest BCUT2D eigenvalue weighted by molar-refractivity contribution is -0.168. The highest BCUT2D eigenvalue weighted by atomic mass is 16.4. The van der Waals surface area contributed by atoms with Crippen molar-refractivity contribution >= 4 is 22.9 Å². The number of carboxylic acid groups (broad SMARTS) is 2. The monoisotopic (exact) mass is 357 g/mol. The fraction of sp³-hybridized carbons (Fsp3) is 0.450. The third kappa shape index (κ3) is 2.84. The zero-order valence-electron chi connectivity index (χ0n) is 15.4. The summed E-state index contributed by atoms with van der Waals surface area (Å²) in [5, 5.41) is 30.1. The fourth-order valence-corrected chi connectivity index (χ4v) is 3.70. The summed E-state index contributed by atoms with van der Waals surface area (Å²) in [6, 6.07) is 7.30. The standard InChI is InChI=1S/C20H23NO5/c1-5-13(10-21)17(20(6-2,18(22)23)19(24)25)14-7-8-15-11(3)12(4)26-16(15)9-14/h7-9,13,17H,5-6H2,1-4H3,(H,22,23)(H,24,25). The molecule has 0 aliphatic rings. The molecule has 0 saturated carbocycles. The highest BCUT2D eigenvalue weighted by Gasteiger charge is 2.54. The predicted octanol–water partition coefficient (Wildman–Crippen LogP) is 4.25. The van der Waals surface area contributed by atoms with Crippen LogP contribution in [-0.4, -0.2) is 22.2 Å². The van der Waals surface area contributed by atoms with E-state index in [0.29, 0.717) is 17.6 Å². The topological polar surface area (TPSA) is 112 Å². The minimum Gasteiger partial charge on any atom is -0.480 e. The van der Waals surface area contributed by atoms with E-state index in [9.17, 15) is 25.1 Å². The van der Waals surface area contributed by atoms with Gasteiger partial charge in [-0.05, 0) is 43.9 Å². The van der Waals surface area contributed by atoms with E-state index >= 15 is 0 Å². The maximum Gasteiger partial charge on any atom is 0.321 e. The molecule has 6 nitrogen and oxygen atoms in total. The number of hydrogen-bond donors (Lipinski definition) is 2. The molecular weight excluding hydrogens is 334 g/mol. The van der Waals surface area contributed by atoms with Crippen LogP contribution in [0.3, 0.4) is 0 Å². The Morgan fingerprint density at radius 2 is 1.85 bits per heavy atom. The summed E-state index contributed by atoms with van der Waals surface area (Å²) < 4.78 is 5.73. The van der Waals surface area contributed by atoms with Gasteiger partial charge in [-0.3, -0.25) is 9.59 Å². The van der Waals surface area contributed by atoms with E-state index in [0.717, 1.165) is 16.7 Å². The number of rotatable bonds is 7. The summed E-state index contributed by atoms with van der Waals surface area (Å²) in [6.45, 7) is 7.04. The molecule has 2 N–H and O–H groups in total. The van der Waals surface area contributed by atoms with E-state index in [4.69, 9.17) is 4.42 Å². The summed E-state index contributed by atoms with van der Waals surface area (Å²) in [6.07, 6.45) is 0.215. The number of carboxylic acids is 2. The molecule has 0 aliphatic heterocycles. The summed E-state index contributed by atoms with van der Waals surface area (Å²) in [5.41, 5.74) is -0.0446. The molecule has 1 heterocycles. The van der Waals surface area contributed by atoms with Crippen LogP contribution in [0.15, 0.2) is 22.6 Å². The van der Waals surface area contributed by atoms with Gasteiger partial charge in [-0.25, -0.2) is 0 Å². The first-order valence-corrected chi connectivity index (χ1v) is 8.60. The highest BCUT2D eigenvalue weighted by Crippen LogP contribution is 2.46. The van der Waals surface area contributed by atoms with Crippen LogP contribution >= 0.6 is 0 Å². The number of nitriles is 1. The van der Waals surface area contributed by atoms with Crippen LogP contribution in [0.25, 0.3) is 11.0 Å². The zero-order chi connectivity index (χ0) is 19.6. The van der Waals surface area contributed by atoms with Crippen LogP contribution in [0.1, 0.15) is 49.5 Å². The van der Waals surface area contributed by atoms with Gasteiger partial charge in [0.25, 0.3) is 0 Å². The van der Waals surface area contributed by atoms with Crippen LogP contribution in [0.5, 0.6) is 0 Å². The molecule has 0 aliphatic carbocycles. The van der Waals surface area contributed by atoms with Gasteiger partial charge in [0.15, 0.2) is 5.41 Å². The normalized spacial score (nSPS) is 14.0. The molecule has 2 rings (SSSR count). The average molecular weight is 357 g/mol. The average Bonchev–Trinajstić information content (AvgIpc) is 2.88. The molecule has 0 amide bonds. The third-order valence-electron chi connectivity index (χ3n) is 5.42. The molecule has 2 atom stereocenters. The highest BCUT2D eigenvalue weighted by molar-refractivity contribution is 5.99. The van der Waals surface area contributed by atoms with Gasteiger partial charge in [0.05, 0.1) is 12.0 Å². The first kappa shape index (κ1) is 19.5. The smallest absolute Gasteiger partial charge is 0.321 e. The molecule has 26 heavy (non-hydrogen) atoms. The SMILES string of the molecule is CCC(C#N)C(c1ccc2c(C)c(C)oc2c1)C(CC)(C(=O)O)C(=O)O. The van der Waals surface area contributed by atoms with E-state index in [2.05, 4.69) is 6.07 Å². The van der Waals surface area contributed by atoms with Crippen molar-refractivity contribution in [3.63, 3.8) is 0 Å². The lowest BCUT2D eigenvalue weighted by atomic mass is 9.64. The first-order valence-electron chi connectivity index (χ1n) is 8.60. The van der Waals surface area contributed by atoms with E-state index in [1.807, 2.05) is 13.8 Å². The Morgan fingerprint density at radius 1 is 1.23 bits per heavy atom. The minimum absolute atomic E-state index is 0.130. The Bertz CT molecular complexity index is 875. The van der Waals surface area contributed by atoms with Crippen molar-refractivity contribution in [1.82, 2.24) is 0 Å². The summed E-state index contributed by atoms with van der Waals surface area (Å²) in [5.74, 6) is -3.86. The van der Waals surface area contributed by atoms with Gasteiger partial charge >= 0.3 is 11.9 Å². The van der Waals surface area contributed by atoms with Crippen LogP contribution < -0.4 is 0 Å². The van der Waals surface area contributed by atoms with Crippen molar-refractivity contribution in [3.05, 3.63) is 35.1 Å². The van der Waals surface area contributed by atoms with Crippen molar-refractivity contribution in [3.8, 4) is 6.07 Å². The summed E-state index contributed by atoms with van der Waals surface area (Å²) in [7, 11) is 0. The van der Waals surface area contributed by atoms with Crippen LogP contribution in [0.2, 0.25) is 0 Å². The number of nitrogens with zero attached hydrogens (tertiary/aromatic N) is 1. The largest absolute Gasteiger partial charge is 0.480 e. The molecule has 138 valence electrons.